The van der Waals surface area contributed by atoms with Crippen molar-refractivity contribution in [2.24, 2.45) is 5.41 Å². The molecule has 90 valence electrons. The zero-order chi connectivity index (χ0) is 12.6. The van der Waals surface area contributed by atoms with Crippen LogP contribution >= 0.6 is 22.9 Å². The summed E-state index contributed by atoms with van der Waals surface area (Å²) in [7, 11) is 0. The molecule has 0 saturated heterocycles. The van der Waals surface area contributed by atoms with E-state index in [0.29, 0.717) is 10.2 Å². The van der Waals surface area contributed by atoms with Crippen LogP contribution < -0.4 is 5.32 Å². The van der Waals surface area contributed by atoms with Crippen LogP contribution in [0.15, 0.2) is 18.2 Å². The Balaban J connectivity index is 2.29. The third kappa shape index (κ3) is 2.76. The minimum absolute atomic E-state index is 0.0392. The van der Waals surface area contributed by atoms with Crippen LogP contribution in [0.1, 0.15) is 20.8 Å². The van der Waals surface area contributed by atoms with Gasteiger partial charge in [-0.3, -0.25) is 4.79 Å². The zero-order valence-corrected chi connectivity index (χ0v) is 11.4. The molecule has 0 atom stereocenters. The van der Waals surface area contributed by atoms with Gasteiger partial charge in [0.25, 0.3) is 0 Å². The van der Waals surface area contributed by atoms with E-state index in [1.807, 2.05) is 32.9 Å². The number of benzene rings is 1. The van der Waals surface area contributed by atoms with Crippen molar-refractivity contribution >= 4 is 44.2 Å². The summed E-state index contributed by atoms with van der Waals surface area (Å²) >= 11 is 7.33. The number of thiazole rings is 1. The fourth-order valence-corrected chi connectivity index (χ4v) is 2.25. The third-order valence-electron chi connectivity index (χ3n) is 2.25. The van der Waals surface area contributed by atoms with Gasteiger partial charge in [0.2, 0.25) is 5.91 Å². The van der Waals surface area contributed by atoms with Gasteiger partial charge in [-0.1, -0.05) is 43.7 Å². The number of anilines is 1. The van der Waals surface area contributed by atoms with Crippen molar-refractivity contribution < 1.29 is 4.79 Å². The molecule has 3 nitrogen and oxygen atoms in total. The number of amides is 1. The van der Waals surface area contributed by atoms with E-state index in [1.165, 1.54) is 11.3 Å². The van der Waals surface area contributed by atoms with E-state index in [0.717, 1.165) is 10.2 Å². The molecule has 1 heterocycles. The Kier molecular flexibility index (Phi) is 3.10. The van der Waals surface area contributed by atoms with Crippen molar-refractivity contribution in [2.75, 3.05) is 5.32 Å². The Hall–Kier alpha value is -1.13. The van der Waals surface area contributed by atoms with E-state index in [-0.39, 0.29) is 5.91 Å². The molecule has 1 aromatic carbocycles. The normalized spacial score (nSPS) is 11.8. The smallest absolute Gasteiger partial charge is 0.231 e. The molecule has 0 unspecified atom stereocenters. The molecular formula is C12H13ClN2OS. The standard InChI is InChI=1S/C12H13ClN2OS/c1-12(2,3)10(16)15-11-14-8-6-7(13)4-5-9(8)17-11/h4-6H,1-3H3,(H,14,15,16). The Bertz CT molecular complexity index is 571. The monoisotopic (exact) mass is 268 g/mol. The summed E-state index contributed by atoms with van der Waals surface area (Å²) in [4.78, 5) is 16.1. The molecular weight excluding hydrogens is 256 g/mol. The van der Waals surface area contributed by atoms with Crippen molar-refractivity contribution in [3.63, 3.8) is 0 Å². The number of carbonyl (C=O) groups is 1. The summed E-state index contributed by atoms with van der Waals surface area (Å²) in [6.07, 6.45) is 0. The van der Waals surface area contributed by atoms with E-state index < -0.39 is 5.41 Å². The van der Waals surface area contributed by atoms with Gasteiger partial charge in [-0.05, 0) is 18.2 Å². The van der Waals surface area contributed by atoms with Gasteiger partial charge in [-0.15, -0.1) is 0 Å². The fraction of sp³-hybridized carbons (Fsp3) is 0.333. The molecule has 1 aromatic heterocycles. The van der Waals surface area contributed by atoms with Crippen molar-refractivity contribution in [1.29, 1.82) is 0 Å². The first-order valence-corrected chi connectivity index (χ1v) is 6.43. The summed E-state index contributed by atoms with van der Waals surface area (Å²) in [6, 6.07) is 5.51. The summed E-state index contributed by atoms with van der Waals surface area (Å²) in [5.41, 5.74) is 0.391. The molecule has 2 rings (SSSR count). The lowest BCUT2D eigenvalue weighted by Crippen LogP contribution is -2.27. The molecule has 0 aliphatic heterocycles. The molecule has 0 saturated carbocycles. The highest BCUT2D eigenvalue weighted by Crippen LogP contribution is 2.29. The van der Waals surface area contributed by atoms with Crippen molar-refractivity contribution in [3.05, 3.63) is 23.2 Å². The van der Waals surface area contributed by atoms with Gasteiger partial charge < -0.3 is 5.32 Å². The lowest BCUT2D eigenvalue weighted by molar-refractivity contribution is -0.123. The van der Waals surface area contributed by atoms with E-state index in [2.05, 4.69) is 10.3 Å². The Labute approximate surface area is 109 Å². The summed E-state index contributed by atoms with van der Waals surface area (Å²) < 4.78 is 1.01. The highest BCUT2D eigenvalue weighted by molar-refractivity contribution is 7.22. The quantitative estimate of drug-likeness (QED) is 0.851. The molecule has 2 aromatic rings. The molecule has 0 aliphatic rings. The molecule has 0 fully saturated rings. The number of hydrogen-bond acceptors (Lipinski definition) is 3. The van der Waals surface area contributed by atoms with Crippen LogP contribution in [-0.2, 0) is 4.79 Å². The third-order valence-corrected chi connectivity index (χ3v) is 3.44. The van der Waals surface area contributed by atoms with Crippen LogP contribution in [-0.4, -0.2) is 10.9 Å². The fourth-order valence-electron chi connectivity index (χ4n) is 1.24. The number of halogens is 1. The number of fused-ring (bicyclic) bond motifs is 1. The van der Waals surface area contributed by atoms with Crippen LogP contribution in [0.2, 0.25) is 5.02 Å². The van der Waals surface area contributed by atoms with Crippen LogP contribution in [0, 0.1) is 5.41 Å². The summed E-state index contributed by atoms with van der Waals surface area (Å²) in [6.45, 7) is 5.60. The van der Waals surface area contributed by atoms with Crippen LogP contribution in [0.3, 0.4) is 0 Å². The molecule has 0 spiro atoms. The van der Waals surface area contributed by atoms with Crippen LogP contribution in [0.4, 0.5) is 5.13 Å². The Morgan fingerprint density at radius 3 is 2.76 bits per heavy atom. The molecule has 1 amide bonds. The minimum atomic E-state index is -0.421. The van der Waals surface area contributed by atoms with E-state index in [4.69, 9.17) is 11.6 Å². The summed E-state index contributed by atoms with van der Waals surface area (Å²) in [5.74, 6) is -0.0392. The predicted octanol–water partition coefficient (Wildman–Crippen LogP) is 3.93. The number of carbonyl (C=O) groups excluding carboxylic acids is 1. The van der Waals surface area contributed by atoms with Crippen molar-refractivity contribution in [2.45, 2.75) is 20.8 Å². The van der Waals surface area contributed by atoms with Gasteiger partial charge in [0.15, 0.2) is 5.13 Å². The SMILES string of the molecule is CC(C)(C)C(=O)Nc1nc2cc(Cl)ccc2s1. The first-order valence-electron chi connectivity index (χ1n) is 5.24. The molecule has 0 bridgehead atoms. The first kappa shape index (κ1) is 12.3. The van der Waals surface area contributed by atoms with Gasteiger partial charge in [0.05, 0.1) is 10.2 Å². The average Bonchev–Trinajstić information content (AvgIpc) is 2.57. The number of nitrogens with zero attached hydrogens (tertiary/aromatic N) is 1. The van der Waals surface area contributed by atoms with Crippen LogP contribution in [0.5, 0.6) is 0 Å². The van der Waals surface area contributed by atoms with Gasteiger partial charge in [0, 0.05) is 10.4 Å². The largest absolute Gasteiger partial charge is 0.301 e. The second kappa shape index (κ2) is 4.27. The molecule has 1 N–H and O–H groups in total. The number of hydrogen-bond donors (Lipinski definition) is 1. The van der Waals surface area contributed by atoms with Gasteiger partial charge in [-0.2, -0.15) is 0 Å². The van der Waals surface area contributed by atoms with E-state index in [9.17, 15) is 4.79 Å². The van der Waals surface area contributed by atoms with Gasteiger partial charge in [0.1, 0.15) is 0 Å². The Morgan fingerprint density at radius 2 is 2.12 bits per heavy atom. The summed E-state index contributed by atoms with van der Waals surface area (Å²) in [5, 5.41) is 4.08. The maximum atomic E-state index is 11.8. The van der Waals surface area contributed by atoms with E-state index in [1.54, 1.807) is 6.07 Å². The predicted molar refractivity (Wildman–Crippen MR) is 72.7 cm³/mol. The minimum Gasteiger partial charge on any atom is -0.301 e. The highest BCUT2D eigenvalue weighted by Gasteiger charge is 2.22. The lowest BCUT2D eigenvalue weighted by Gasteiger charge is -2.15. The maximum absolute atomic E-state index is 11.8. The number of rotatable bonds is 1. The second-order valence-electron chi connectivity index (χ2n) is 4.84. The van der Waals surface area contributed by atoms with Gasteiger partial charge >= 0.3 is 0 Å². The number of nitrogens with one attached hydrogen (secondary N) is 1. The Morgan fingerprint density at radius 1 is 1.41 bits per heavy atom. The van der Waals surface area contributed by atoms with Crippen molar-refractivity contribution in [3.8, 4) is 0 Å². The van der Waals surface area contributed by atoms with Crippen molar-refractivity contribution in [1.82, 2.24) is 4.98 Å². The molecule has 5 heteroatoms. The average molecular weight is 269 g/mol. The second-order valence-corrected chi connectivity index (χ2v) is 6.30. The molecule has 0 aliphatic carbocycles. The molecule has 17 heavy (non-hydrogen) atoms. The zero-order valence-electron chi connectivity index (χ0n) is 9.87. The maximum Gasteiger partial charge on any atom is 0.231 e. The van der Waals surface area contributed by atoms with E-state index >= 15 is 0 Å². The number of aromatic nitrogens is 1. The van der Waals surface area contributed by atoms with Gasteiger partial charge in [-0.25, -0.2) is 4.98 Å². The topological polar surface area (TPSA) is 42.0 Å². The highest BCUT2D eigenvalue weighted by atomic mass is 35.5. The molecule has 0 radical (unpaired) electrons. The lowest BCUT2D eigenvalue weighted by atomic mass is 9.96. The first-order chi connectivity index (χ1) is 7.86. The van der Waals surface area contributed by atoms with Crippen LogP contribution in [0.25, 0.3) is 10.2 Å².